The number of aromatic nitrogens is 1. The fourth-order valence-corrected chi connectivity index (χ4v) is 9.08. The Bertz CT molecular complexity index is 1200. The molecule has 3 aliphatic rings. The monoisotopic (exact) mass is 469 g/mol. The Morgan fingerprint density at radius 2 is 2.00 bits per heavy atom. The van der Waals surface area contributed by atoms with Crippen molar-refractivity contribution in [2.45, 2.75) is 49.0 Å². The van der Waals surface area contributed by atoms with Crippen molar-refractivity contribution in [2.75, 3.05) is 0 Å². The maximum Gasteiger partial charge on any atom is 0.305 e. The summed E-state index contributed by atoms with van der Waals surface area (Å²) in [6.07, 6.45) is 3.94. The van der Waals surface area contributed by atoms with Crippen molar-refractivity contribution >= 4 is 34.7 Å². The SMILES string of the molecule is Cc1ccccc1COc1ccc(Cl)cc1[C@H]1c2sc(=O)[nH]c2SC2C3CCC(C3)C21. The topological polar surface area (TPSA) is 42.1 Å². The summed E-state index contributed by atoms with van der Waals surface area (Å²) in [5.41, 5.74) is 3.55. The van der Waals surface area contributed by atoms with E-state index in [-0.39, 0.29) is 10.8 Å². The van der Waals surface area contributed by atoms with E-state index in [0.29, 0.717) is 17.8 Å². The molecule has 2 saturated carbocycles. The molecule has 5 atom stereocenters. The smallest absolute Gasteiger partial charge is 0.305 e. The number of benzene rings is 2. The maximum absolute atomic E-state index is 12.3. The van der Waals surface area contributed by atoms with Crippen LogP contribution in [0, 0.1) is 24.7 Å². The quantitative estimate of drug-likeness (QED) is 0.466. The van der Waals surface area contributed by atoms with E-state index in [1.807, 2.05) is 23.9 Å². The first-order valence-electron chi connectivity index (χ1n) is 10.9. The van der Waals surface area contributed by atoms with Gasteiger partial charge in [0, 0.05) is 26.6 Å². The van der Waals surface area contributed by atoms with Crippen LogP contribution < -0.4 is 9.61 Å². The number of fused-ring (bicyclic) bond motifs is 6. The van der Waals surface area contributed by atoms with Gasteiger partial charge in [0.25, 0.3) is 0 Å². The fourth-order valence-electron chi connectivity index (χ4n) is 6.02. The Balaban J connectivity index is 1.43. The summed E-state index contributed by atoms with van der Waals surface area (Å²) in [6, 6.07) is 14.3. The highest BCUT2D eigenvalue weighted by atomic mass is 35.5. The first-order chi connectivity index (χ1) is 15.1. The van der Waals surface area contributed by atoms with Gasteiger partial charge in [0.1, 0.15) is 12.4 Å². The maximum atomic E-state index is 12.3. The molecule has 0 spiro atoms. The molecule has 4 unspecified atom stereocenters. The molecule has 2 aliphatic carbocycles. The first kappa shape index (κ1) is 20.0. The minimum Gasteiger partial charge on any atom is -0.489 e. The molecule has 6 heteroatoms. The minimum absolute atomic E-state index is 0.0410. The summed E-state index contributed by atoms with van der Waals surface area (Å²) >= 11 is 9.79. The highest BCUT2D eigenvalue weighted by Crippen LogP contribution is 2.64. The van der Waals surface area contributed by atoms with Gasteiger partial charge in [0.15, 0.2) is 0 Å². The zero-order valence-electron chi connectivity index (χ0n) is 17.3. The first-order valence-corrected chi connectivity index (χ1v) is 13.0. The van der Waals surface area contributed by atoms with Gasteiger partial charge in [-0.05, 0) is 73.3 Å². The van der Waals surface area contributed by atoms with Crippen molar-refractivity contribution in [2.24, 2.45) is 17.8 Å². The standard InChI is InChI=1S/C25H24ClNO2S2/c1-13-4-2-3-5-16(13)12-29-19-9-8-17(26)11-18(19)21-20-14-6-7-15(10-14)22(20)30-24-23(21)31-25(28)27-24/h2-5,8-9,11,14-15,20-22H,6-7,10,12H2,1H3,(H,27,28)/t14?,15?,20?,21-,22?/m1/s1. The van der Waals surface area contributed by atoms with Crippen LogP contribution >= 0.6 is 34.7 Å². The predicted molar refractivity (Wildman–Crippen MR) is 128 cm³/mol. The number of thioether (sulfide) groups is 1. The van der Waals surface area contributed by atoms with E-state index in [1.54, 1.807) is 0 Å². The third-order valence-electron chi connectivity index (χ3n) is 7.42. The number of hydrogen-bond acceptors (Lipinski definition) is 4. The predicted octanol–water partition coefficient (Wildman–Crippen LogP) is 6.63. The van der Waals surface area contributed by atoms with E-state index in [2.05, 4.69) is 42.2 Å². The number of thiazole rings is 1. The molecule has 2 heterocycles. The third-order valence-corrected chi connectivity index (χ3v) is 10.3. The zero-order valence-corrected chi connectivity index (χ0v) is 19.7. The normalized spacial score (nSPS) is 28.4. The minimum atomic E-state index is 0.0410. The number of aryl methyl sites for hydroxylation is 1. The lowest BCUT2D eigenvalue weighted by Crippen LogP contribution is -2.33. The van der Waals surface area contributed by atoms with Crippen LogP contribution in [-0.4, -0.2) is 10.2 Å². The van der Waals surface area contributed by atoms with Gasteiger partial charge in [-0.3, -0.25) is 4.79 Å². The van der Waals surface area contributed by atoms with E-state index >= 15 is 0 Å². The second-order valence-corrected chi connectivity index (χ2v) is 11.7. The van der Waals surface area contributed by atoms with Crippen molar-refractivity contribution in [1.29, 1.82) is 0 Å². The summed E-state index contributed by atoms with van der Waals surface area (Å²) in [7, 11) is 0. The van der Waals surface area contributed by atoms with E-state index in [9.17, 15) is 4.79 Å². The van der Waals surface area contributed by atoms with E-state index in [4.69, 9.17) is 16.3 Å². The lowest BCUT2D eigenvalue weighted by atomic mass is 9.74. The Labute approximate surface area is 195 Å². The number of aromatic amines is 1. The highest BCUT2D eigenvalue weighted by molar-refractivity contribution is 8.00. The summed E-state index contributed by atoms with van der Waals surface area (Å²) in [5, 5.41) is 2.36. The molecule has 1 aliphatic heterocycles. The largest absolute Gasteiger partial charge is 0.489 e. The molecule has 2 aromatic carbocycles. The molecular weight excluding hydrogens is 446 g/mol. The average molecular weight is 470 g/mol. The van der Waals surface area contributed by atoms with Gasteiger partial charge in [0.2, 0.25) is 0 Å². The van der Waals surface area contributed by atoms with E-state index in [1.165, 1.54) is 46.6 Å². The van der Waals surface area contributed by atoms with Crippen molar-refractivity contribution < 1.29 is 4.74 Å². The number of halogens is 1. The van der Waals surface area contributed by atoms with Gasteiger partial charge in [-0.25, -0.2) is 0 Å². The molecule has 0 radical (unpaired) electrons. The van der Waals surface area contributed by atoms with Crippen LogP contribution in [0.3, 0.4) is 0 Å². The van der Waals surface area contributed by atoms with E-state index < -0.39 is 0 Å². The molecule has 1 N–H and O–H groups in total. The van der Waals surface area contributed by atoms with E-state index in [0.717, 1.165) is 33.2 Å². The Kier molecular flexibility index (Phi) is 4.97. The Morgan fingerprint density at radius 1 is 1.16 bits per heavy atom. The molecule has 0 amide bonds. The summed E-state index contributed by atoms with van der Waals surface area (Å²) in [6.45, 7) is 2.64. The second kappa shape index (κ2) is 7.72. The van der Waals surface area contributed by atoms with Crippen molar-refractivity contribution in [1.82, 2.24) is 4.98 Å². The average Bonchev–Trinajstić information content (AvgIpc) is 3.46. The summed E-state index contributed by atoms with van der Waals surface area (Å²) in [4.78, 5) is 16.7. The molecule has 3 aromatic rings. The van der Waals surface area contributed by atoms with Crippen LogP contribution in [-0.2, 0) is 6.61 Å². The van der Waals surface area contributed by atoms with Crippen LogP contribution in [0.1, 0.15) is 46.7 Å². The molecule has 6 rings (SSSR count). The van der Waals surface area contributed by atoms with Crippen LogP contribution in [0.5, 0.6) is 5.75 Å². The molecule has 1 aromatic heterocycles. The molecule has 2 bridgehead atoms. The molecule has 0 saturated heterocycles. The summed E-state index contributed by atoms with van der Waals surface area (Å²) in [5.74, 6) is 3.08. The van der Waals surface area contributed by atoms with Crippen LogP contribution in [0.25, 0.3) is 0 Å². The van der Waals surface area contributed by atoms with Gasteiger partial charge in [-0.15, -0.1) is 11.8 Å². The lowest BCUT2D eigenvalue weighted by Gasteiger charge is -2.40. The van der Waals surface area contributed by atoms with Gasteiger partial charge >= 0.3 is 4.87 Å². The van der Waals surface area contributed by atoms with Crippen LogP contribution in [0.15, 0.2) is 52.3 Å². The second-order valence-electron chi connectivity index (χ2n) is 9.08. The Morgan fingerprint density at radius 3 is 2.87 bits per heavy atom. The molecule has 160 valence electrons. The fraction of sp³-hybridized carbons (Fsp3) is 0.400. The highest BCUT2D eigenvalue weighted by Gasteiger charge is 2.55. The van der Waals surface area contributed by atoms with Gasteiger partial charge in [0.05, 0.1) is 5.03 Å². The van der Waals surface area contributed by atoms with Crippen molar-refractivity contribution in [3.63, 3.8) is 0 Å². The molecular formula is C25H24ClNO2S2. The molecule has 31 heavy (non-hydrogen) atoms. The molecule has 3 nitrogen and oxygen atoms in total. The van der Waals surface area contributed by atoms with Gasteiger partial charge < -0.3 is 9.72 Å². The van der Waals surface area contributed by atoms with Crippen molar-refractivity contribution in [3.05, 3.63) is 78.7 Å². The summed E-state index contributed by atoms with van der Waals surface area (Å²) < 4.78 is 6.41. The number of rotatable bonds is 4. The van der Waals surface area contributed by atoms with Gasteiger partial charge in [-0.2, -0.15) is 0 Å². The van der Waals surface area contributed by atoms with Gasteiger partial charge in [-0.1, -0.05) is 47.2 Å². The van der Waals surface area contributed by atoms with Crippen molar-refractivity contribution in [3.8, 4) is 5.75 Å². The zero-order chi connectivity index (χ0) is 21.1. The number of ether oxygens (including phenoxy) is 1. The molecule has 2 fully saturated rings. The lowest BCUT2D eigenvalue weighted by molar-refractivity contribution is 0.280. The number of hydrogen-bond donors (Lipinski definition) is 1. The third kappa shape index (κ3) is 3.37. The number of nitrogens with one attached hydrogen (secondary N) is 1. The van der Waals surface area contributed by atoms with Crippen LogP contribution in [0.4, 0.5) is 0 Å². The van der Waals surface area contributed by atoms with Crippen LogP contribution in [0.2, 0.25) is 5.02 Å². The number of H-pyrrole nitrogens is 1. The Hall–Kier alpha value is -1.69.